The van der Waals surface area contributed by atoms with Crippen molar-refractivity contribution in [3.8, 4) is 0 Å². The summed E-state index contributed by atoms with van der Waals surface area (Å²) in [6.07, 6.45) is 6.26. The maximum Gasteiger partial charge on any atom is 0.319 e. The van der Waals surface area contributed by atoms with Gasteiger partial charge in [-0.05, 0) is 24.7 Å². The van der Waals surface area contributed by atoms with Crippen LogP contribution in [-0.2, 0) is 6.54 Å². The third kappa shape index (κ3) is 7.13. The zero-order chi connectivity index (χ0) is 15.7. The fraction of sp³-hybridized carbons (Fsp3) is 0.733. The Balaban J connectivity index is 2.37. The molecular formula is C15H28N4O2. The van der Waals surface area contributed by atoms with Crippen molar-refractivity contribution >= 4 is 11.7 Å². The smallest absolute Gasteiger partial charge is 0.319 e. The fourth-order valence-electron chi connectivity index (χ4n) is 2.25. The molecule has 1 heterocycles. The van der Waals surface area contributed by atoms with E-state index in [1.54, 1.807) is 6.20 Å². The number of aliphatic hydroxyl groups is 1. The highest BCUT2D eigenvalue weighted by Crippen LogP contribution is 2.10. The van der Waals surface area contributed by atoms with Crippen LogP contribution in [-0.4, -0.2) is 34.1 Å². The molecule has 3 N–H and O–H groups in total. The summed E-state index contributed by atoms with van der Waals surface area (Å²) in [5.41, 5.74) is 0.697. The monoisotopic (exact) mass is 296 g/mol. The highest BCUT2D eigenvalue weighted by molar-refractivity contribution is 5.88. The number of amides is 2. The third-order valence-corrected chi connectivity index (χ3v) is 3.23. The van der Waals surface area contributed by atoms with E-state index in [2.05, 4.69) is 36.5 Å². The number of carbonyl (C=O) groups excluding carboxylic acids is 1. The highest BCUT2D eigenvalue weighted by Gasteiger charge is 2.10. The molecule has 1 unspecified atom stereocenters. The molecule has 0 bridgehead atoms. The van der Waals surface area contributed by atoms with Crippen molar-refractivity contribution in [1.29, 1.82) is 0 Å². The number of anilines is 1. The Kier molecular flexibility index (Phi) is 7.82. The van der Waals surface area contributed by atoms with E-state index in [0.717, 1.165) is 25.8 Å². The van der Waals surface area contributed by atoms with Crippen molar-refractivity contribution in [2.24, 2.45) is 11.8 Å². The summed E-state index contributed by atoms with van der Waals surface area (Å²) in [6, 6.07) is -0.224. The van der Waals surface area contributed by atoms with Crippen LogP contribution in [0.25, 0.3) is 0 Å². The van der Waals surface area contributed by atoms with Gasteiger partial charge in [0.15, 0.2) is 0 Å². The summed E-state index contributed by atoms with van der Waals surface area (Å²) in [5.74, 6) is 0.842. The lowest BCUT2D eigenvalue weighted by molar-refractivity contribution is 0.237. The topological polar surface area (TPSA) is 79.2 Å². The Labute approximate surface area is 126 Å². The van der Waals surface area contributed by atoms with Gasteiger partial charge in [-0.15, -0.1) is 0 Å². The number of hydrogen-bond donors (Lipinski definition) is 3. The molecular weight excluding hydrogens is 268 g/mol. The van der Waals surface area contributed by atoms with E-state index in [4.69, 9.17) is 5.11 Å². The number of nitrogens with zero attached hydrogens (tertiary/aromatic N) is 2. The van der Waals surface area contributed by atoms with Gasteiger partial charge in [-0.25, -0.2) is 4.79 Å². The molecule has 120 valence electrons. The predicted molar refractivity (Wildman–Crippen MR) is 84.2 cm³/mol. The summed E-state index contributed by atoms with van der Waals surface area (Å²) in [7, 11) is 0. The quantitative estimate of drug-likeness (QED) is 0.655. The number of urea groups is 1. The summed E-state index contributed by atoms with van der Waals surface area (Å²) in [4.78, 5) is 11.8. The molecule has 0 radical (unpaired) electrons. The fourth-order valence-corrected chi connectivity index (χ4v) is 2.25. The Morgan fingerprint density at radius 3 is 2.81 bits per heavy atom. The zero-order valence-electron chi connectivity index (χ0n) is 13.3. The van der Waals surface area contributed by atoms with Crippen LogP contribution in [0, 0.1) is 11.8 Å². The molecule has 1 aromatic heterocycles. The SMILES string of the molecule is CCCC(CCO)CNC(=O)Nc1cnn(CC(C)C)c1. The lowest BCUT2D eigenvalue weighted by Gasteiger charge is -2.15. The van der Waals surface area contributed by atoms with Gasteiger partial charge in [0.2, 0.25) is 0 Å². The average Bonchev–Trinajstić information content (AvgIpc) is 2.83. The molecule has 6 heteroatoms. The summed E-state index contributed by atoms with van der Waals surface area (Å²) >= 11 is 0. The van der Waals surface area contributed by atoms with E-state index in [1.807, 2.05) is 10.9 Å². The van der Waals surface area contributed by atoms with E-state index >= 15 is 0 Å². The van der Waals surface area contributed by atoms with Gasteiger partial charge in [0.1, 0.15) is 0 Å². The maximum atomic E-state index is 11.8. The van der Waals surface area contributed by atoms with Crippen molar-refractivity contribution in [1.82, 2.24) is 15.1 Å². The Hall–Kier alpha value is -1.56. The van der Waals surface area contributed by atoms with E-state index in [9.17, 15) is 4.79 Å². The first-order valence-electron chi connectivity index (χ1n) is 7.73. The number of aliphatic hydroxyl groups excluding tert-OH is 1. The third-order valence-electron chi connectivity index (χ3n) is 3.23. The second-order valence-electron chi connectivity index (χ2n) is 5.85. The van der Waals surface area contributed by atoms with E-state index in [-0.39, 0.29) is 12.6 Å². The molecule has 0 spiro atoms. The molecule has 0 aliphatic rings. The normalized spacial score (nSPS) is 12.4. The molecule has 0 saturated carbocycles. The second kappa shape index (κ2) is 9.39. The zero-order valence-corrected chi connectivity index (χ0v) is 13.3. The number of hydrogen-bond acceptors (Lipinski definition) is 3. The molecule has 1 rings (SSSR count). The van der Waals surface area contributed by atoms with Gasteiger partial charge in [-0.3, -0.25) is 4.68 Å². The van der Waals surface area contributed by atoms with Gasteiger partial charge in [0.05, 0.1) is 11.9 Å². The van der Waals surface area contributed by atoms with Crippen LogP contribution in [0.2, 0.25) is 0 Å². The lowest BCUT2D eigenvalue weighted by Crippen LogP contribution is -2.33. The minimum Gasteiger partial charge on any atom is -0.396 e. The molecule has 0 aromatic carbocycles. The number of nitrogens with one attached hydrogen (secondary N) is 2. The van der Waals surface area contributed by atoms with Crippen molar-refractivity contribution in [2.45, 2.75) is 46.6 Å². The van der Waals surface area contributed by atoms with Gasteiger partial charge < -0.3 is 15.7 Å². The first-order valence-corrected chi connectivity index (χ1v) is 7.73. The molecule has 6 nitrogen and oxygen atoms in total. The predicted octanol–water partition coefficient (Wildman–Crippen LogP) is 2.46. The first kappa shape index (κ1) is 17.5. The molecule has 0 saturated heterocycles. The summed E-state index contributed by atoms with van der Waals surface area (Å²) < 4.78 is 1.83. The molecule has 1 aromatic rings. The van der Waals surface area contributed by atoms with Gasteiger partial charge in [-0.2, -0.15) is 5.10 Å². The molecule has 2 amide bonds. The van der Waals surface area contributed by atoms with Gasteiger partial charge in [-0.1, -0.05) is 27.2 Å². The molecule has 0 fully saturated rings. The van der Waals surface area contributed by atoms with Crippen LogP contribution < -0.4 is 10.6 Å². The largest absolute Gasteiger partial charge is 0.396 e. The first-order chi connectivity index (χ1) is 10.0. The van der Waals surface area contributed by atoms with Gasteiger partial charge in [0.25, 0.3) is 0 Å². The number of carbonyl (C=O) groups is 1. The number of rotatable bonds is 9. The maximum absolute atomic E-state index is 11.8. The van der Waals surface area contributed by atoms with Crippen LogP contribution in [0.5, 0.6) is 0 Å². The van der Waals surface area contributed by atoms with Gasteiger partial charge >= 0.3 is 6.03 Å². The standard InChI is InChI=1S/C15H28N4O2/c1-4-5-13(6-7-20)8-16-15(21)18-14-9-17-19(11-14)10-12(2)3/h9,11-13,20H,4-8,10H2,1-3H3,(H2,16,18,21). The van der Waals surface area contributed by atoms with Crippen molar-refractivity contribution in [3.05, 3.63) is 12.4 Å². The van der Waals surface area contributed by atoms with Crippen molar-refractivity contribution < 1.29 is 9.90 Å². The molecule has 0 aliphatic carbocycles. The minimum atomic E-state index is -0.224. The van der Waals surface area contributed by atoms with Crippen molar-refractivity contribution in [3.63, 3.8) is 0 Å². The van der Waals surface area contributed by atoms with E-state index in [1.165, 1.54) is 0 Å². The minimum absolute atomic E-state index is 0.163. The van der Waals surface area contributed by atoms with Crippen LogP contribution in [0.4, 0.5) is 10.5 Å². The van der Waals surface area contributed by atoms with Crippen LogP contribution in [0.3, 0.4) is 0 Å². The Morgan fingerprint density at radius 1 is 1.43 bits per heavy atom. The highest BCUT2D eigenvalue weighted by atomic mass is 16.3. The second-order valence-corrected chi connectivity index (χ2v) is 5.85. The van der Waals surface area contributed by atoms with Gasteiger partial charge in [0, 0.05) is 25.9 Å². The average molecular weight is 296 g/mol. The molecule has 0 aliphatic heterocycles. The summed E-state index contributed by atoms with van der Waals surface area (Å²) in [5, 5.41) is 18.8. The van der Waals surface area contributed by atoms with Crippen LogP contribution in [0.15, 0.2) is 12.4 Å². The van der Waals surface area contributed by atoms with Crippen LogP contribution >= 0.6 is 0 Å². The van der Waals surface area contributed by atoms with E-state index < -0.39 is 0 Å². The van der Waals surface area contributed by atoms with Crippen molar-refractivity contribution in [2.75, 3.05) is 18.5 Å². The van der Waals surface area contributed by atoms with Crippen LogP contribution in [0.1, 0.15) is 40.0 Å². The van der Waals surface area contributed by atoms with E-state index in [0.29, 0.717) is 24.1 Å². The Morgan fingerprint density at radius 2 is 2.19 bits per heavy atom. The lowest BCUT2D eigenvalue weighted by atomic mass is 10.0. The molecule has 1 atom stereocenters. The molecule has 21 heavy (non-hydrogen) atoms. The number of aromatic nitrogens is 2. The Bertz CT molecular complexity index is 412. The summed E-state index contributed by atoms with van der Waals surface area (Å²) in [6.45, 7) is 7.93.